The maximum absolute atomic E-state index is 3.64. The molecule has 7 rings (SSSR count). The van der Waals surface area contributed by atoms with Crippen LogP contribution in [-0.4, -0.2) is 11.0 Å². The fourth-order valence-electron chi connectivity index (χ4n) is 6.06. The summed E-state index contributed by atoms with van der Waals surface area (Å²) in [6.07, 6.45) is 20.6. The highest BCUT2D eigenvalue weighted by atomic mass is 15.2. The third-order valence-electron chi connectivity index (χ3n) is 7.58. The molecule has 0 saturated heterocycles. The number of benzene rings is 2. The van der Waals surface area contributed by atoms with E-state index in [1.54, 1.807) is 0 Å². The monoisotopic (exact) mass is 414 g/mol. The van der Waals surface area contributed by atoms with Crippen molar-refractivity contribution in [2.45, 2.75) is 37.6 Å². The zero-order valence-electron chi connectivity index (χ0n) is 18.1. The summed E-state index contributed by atoms with van der Waals surface area (Å²) in [6.45, 7) is 0. The minimum atomic E-state index is 0.412. The molecule has 0 spiro atoms. The Bertz CT molecular complexity index is 1390. The Morgan fingerprint density at radius 2 is 1.78 bits per heavy atom. The number of nitrogens with zero attached hydrogens (tertiary/aromatic N) is 1. The molecule has 32 heavy (non-hydrogen) atoms. The topological polar surface area (TPSA) is 19.0 Å². The summed E-state index contributed by atoms with van der Waals surface area (Å²) in [5.41, 5.74) is 11.4. The van der Waals surface area contributed by atoms with Crippen LogP contribution in [-0.2, 0) is 6.42 Å². The van der Waals surface area contributed by atoms with E-state index >= 15 is 0 Å². The third-order valence-corrected chi connectivity index (χ3v) is 7.58. The van der Waals surface area contributed by atoms with E-state index < -0.39 is 0 Å². The first kappa shape index (κ1) is 18.1. The van der Waals surface area contributed by atoms with Gasteiger partial charge in [-0.25, -0.2) is 0 Å². The van der Waals surface area contributed by atoms with Gasteiger partial charge in [0.05, 0.1) is 6.04 Å². The highest BCUT2D eigenvalue weighted by molar-refractivity contribution is 5.92. The van der Waals surface area contributed by atoms with Gasteiger partial charge < -0.3 is 9.88 Å². The van der Waals surface area contributed by atoms with E-state index in [4.69, 9.17) is 0 Å². The highest BCUT2D eigenvalue weighted by Gasteiger charge is 2.38. The molecule has 156 valence electrons. The second kappa shape index (κ2) is 7.00. The first-order valence-corrected chi connectivity index (χ1v) is 11.8. The molecule has 0 amide bonds. The van der Waals surface area contributed by atoms with E-state index in [9.17, 15) is 0 Å². The molecule has 2 aromatic carbocycles. The lowest BCUT2D eigenvalue weighted by molar-refractivity contribution is 0.705. The zero-order valence-corrected chi connectivity index (χ0v) is 18.1. The summed E-state index contributed by atoms with van der Waals surface area (Å²) in [5, 5.41) is 1.35. The number of aromatic nitrogens is 1. The molecule has 2 atom stereocenters. The molecule has 3 aromatic rings. The first-order chi connectivity index (χ1) is 15.9. The molecule has 0 fully saturated rings. The summed E-state index contributed by atoms with van der Waals surface area (Å²) < 4.78 is 0. The SMILES string of the molecule is C1=CCC(N2C3=CC=C(C4=Cc5c([nH]c6ccccc56)CC4)CC3c3ccccc32)C=C1. The van der Waals surface area contributed by atoms with Gasteiger partial charge in [-0.3, -0.25) is 0 Å². The predicted molar refractivity (Wildman–Crippen MR) is 134 cm³/mol. The molecular weight excluding hydrogens is 388 g/mol. The largest absolute Gasteiger partial charge is 0.358 e. The van der Waals surface area contributed by atoms with E-state index in [0.717, 1.165) is 25.7 Å². The van der Waals surface area contributed by atoms with Crippen LogP contribution in [0, 0.1) is 0 Å². The number of H-pyrrole nitrogens is 1. The summed E-state index contributed by atoms with van der Waals surface area (Å²) in [4.78, 5) is 6.22. The molecule has 2 nitrogen and oxygen atoms in total. The predicted octanol–water partition coefficient (Wildman–Crippen LogP) is 7.20. The fraction of sp³-hybridized carbons (Fsp3) is 0.200. The van der Waals surface area contributed by atoms with Gasteiger partial charge in [0, 0.05) is 39.5 Å². The average molecular weight is 415 g/mol. The molecule has 1 aliphatic heterocycles. The molecule has 0 bridgehead atoms. The zero-order chi connectivity index (χ0) is 21.1. The van der Waals surface area contributed by atoms with Gasteiger partial charge in [-0.1, -0.05) is 66.8 Å². The number of hydrogen-bond donors (Lipinski definition) is 1. The van der Waals surface area contributed by atoms with Gasteiger partial charge in [0.2, 0.25) is 0 Å². The molecule has 4 aliphatic rings. The molecule has 2 heterocycles. The van der Waals surface area contributed by atoms with Gasteiger partial charge in [0.25, 0.3) is 0 Å². The standard InChI is InChI=1S/C30H26N2/c1-2-8-22(9-3-1)32-29-13-7-5-11-24(29)26-19-21(15-17-30(26)32)20-14-16-28-25(18-20)23-10-4-6-12-27(23)31-28/h1-8,10-13,15,17-18,22,26,31H,9,14,16,19H2. The van der Waals surface area contributed by atoms with Crippen molar-refractivity contribution in [1.82, 2.24) is 4.98 Å². The van der Waals surface area contributed by atoms with Gasteiger partial charge in [0.1, 0.15) is 0 Å². The molecule has 1 aromatic heterocycles. The lowest BCUT2D eigenvalue weighted by Crippen LogP contribution is -2.32. The Morgan fingerprint density at radius 3 is 2.72 bits per heavy atom. The first-order valence-electron chi connectivity index (χ1n) is 11.8. The maximum Gasteiger partial charge on any atom is 0.0557 e. The summed E-state index contributed by atoms with van der Waals surface area (Å²) in [7, 11) is 0. The van der Waals surface area contributed by atoms with Crippen LogP contribution in [0.15, 0.2) is 102 Å². The number of hydrogen-bond acceptors (Lipinski definition) is 1. The van der Waals surface area contributed by atoms with Gasteiger partial charge in [-0.2, -0.15) is 0 Å². The Balaban J connectivity index is 1.29. The molecule has 3 aliphatic carbocycles. The molecule has 2 heteroatoms. The summed E-state index contributed by atoms with van der Waals surface area (Å²) in [5.74, 6) is 0.454. The number of fused-ring (bicyclic) bond motifs is 6. The molecule has 0 saturated carbocycles. The molecule has 1 N–H and O–H groups in total. The Labute approximate surface area is 189 Å². The van der Waals surface area contributed by atoms with Crippen LogP contribution in [0.1, 0.15) is 42.0 Å². The molecule has 2 unspecified atom stereocenters. The van der Waals surface area contributed by atoms with Crippen LogP contribution in [0.5, 0.6) is 0 Å². The normalized spacial score (nSPS) is 23.4. The van der Waals surface area contributed by atoms with Crippen molar-refractivity contribution in [3.63, 3.8) is 0 Å². The van der Waals surface area contributed by atoms with Crippen LogP contribution in [0.4, 0.5) is 5.69 Å². The van der Waals surface area contributed by atoms with Crippen LogP contribution >= 0.6 is 0 Å². The van der Waals surface area contributed by atoms with Crippen molar-refractivity contribution < 1.29 is 0 Å². The third kappa shape index (κ3) is 2.65. The van der Waals surface area contributed by atoms with Crippen molar-refractivity contribution in [2.75, 3.05) is 4.90 Å². The summed E-state index contributed by atoms with van der Waals surface area (Å²) >= 11 is 0. The number of nitrogens with one attached hydrogen (secondary N) is 1. The number of rotatable bonds is 2. The van der Waals surface area contributed by atoms with Crippen molar-refractivity contribution >= 4 is 22.7 Å². The number of allylic oxidation sites excluding steroid dienone is 7. The summed E-state index contributed by atoms with van der Waals surface area (Å²) in [6, 6.07) is 18.1. The lowest BCUT2D eigenvalue weighted by Gasteiger charge is -2.32. The average Bonchev–Trinajstić information content (AvgIpc) is 3.39. The van der Waals surface area contributed by atoms with Gasteiger partial charge in [0.15, 0.2) is 0 Å². The Hall–Kier alpha value is -3.52. The van der Waals surface area contributed by atoms with Crippen molar-refractivity contribution in [3.05, 3.63) is 119 Å². The Kier molecular flexibility index (Phi) is 3.96. The van der Waals surface area contributed by atoms with Crippen molar-refractivity contribution in [2.24, 2.45) is 0 Å². The van der Waals surface area contributed by atoms with Crippen LogP contribution < -0.4 is 4.90 Å². The van der Waals surface area contributed by atoms with E-state index in [2.05, 4.69) is 101 Å². The second-order valence-corrected chi connectivity index (χ2v) is 9.32. The lowest BCUT2D eigenvalue weighted by atomic mass is 9.81. The number of para-hydroxylation sites is 2. The van der Waals surface area contributed by atoms with E-state index in [-0.39, 0.29) is 0 Å². The van der Waals surface area contributed by atoms with Crippen molar-refractivity contribution in [1.29, 1.82) is 0 Å². The van der Waals surface area contributed by atoms with Gasteiger partial charge in [-0.05, 0) is 66.7 Å². The van der Waals surface area contributed by atoms with E-state index in [0.29, 0.717) is 12.0 Å². The molecular formula is C30H26N2. The van der Waals surface area contributed by atoms with Gasteiger partial charge in [-0.15, -0.1) is 0 Å². The smallest absolute Gasteiger partial charge is 0.0557 e. The minimum Gasteiger partial charge on any atom is -0.358 e. The van der Waals surface area contributed by atoms with Crippen molar-refractivity contribution in [3.8, 4) is 0 Å². The number of aryl methyl sites for hydroxylation is 1. The van der Waals surface area contributed by atoms with Crippen LogP contribution in [0.25, 0.3) is 17.0 Å². The van der Waals surface area contributed by atoms with Crippen LogP contribution in [0.3, 0.4) is 0 Å². The Morgan fingerprint density at radius 1 is 0.875 bits per heavy atom. The number of aromatic amines is 1. The maximum atomic E-state index is 3.64. The number of anilines is 1. The van der Waals surface area contributed by atoms with E-state index in [1.807, 2.05) is 0 Å². The van der Waals surface area contributed by atoms with Gasteiger partial charge >= 0.3 is 0 Å². The quantitative estimate of drug-likeness (QED) is 0.470. The second-order valence-electron chi connectivity index (χ2n) is 9.32. The highest BCUT2D eigenvalue weighted by Crippen LogP contribution is 2.51. The van der Waals surface area contributed by atoms with Crippen LogP contribution in [0.2, 0.25) is 0 Å². The molecule has 0 radical (unpaired) electrons. The minimum absolute atomic E-state index is 0.412. The fourth-order valence-corrected chi connectivity index (χ4v) is 6.06. The van der Waals surface area contributed by atoms with E-state index in [1.165, 1.54) is 50.3 Å².